The number of hydrogen-bond acceptors (Lipinski definition) is 4. The van der Waals surface area contributed by atoms with Crippen LogP contribution in [0.15, 0.2) is 40.2 Å². The first-order valence-corrected chi connectivity index (χ1v) is 11.3. The van der Waals surface area contributed by atoms with Gasteiger partial charge in [-0.05, 0) is 55.0 Å². The Kier molecular flexibility index (Phi) is 6.00. The van der Waals surface area contributed by atoms with Crippen LogP contribution in [0.2, 0.25) is 0 Å². The molecule has 1 N–H and O–H groups in total. The van der Waals surface area contributed by atoms with Gasteiger partial charge in [-0.1, -0.05) is 6.92 Å². The van der Waals surface area contributed by atoms with Gasteiger partial charge in [0.25, 0.3) is 5.56 Å². The van der Waals surface area contributed by atoms with Gasteiger partial charge in [-0.3, -0.25) is 4.79 Å². The van der Waals surface area contributed by atoms with Crippen LogP contribution in [0.25, 0.3) is 11.1 Å². The van der Waals surface area contributed by atoms with Gasteiger partial charge < -0.3 is 18.6 Å². The average molecular weight is 413 g/mol. The first-order valence-electron chi connectivity index (χ1n) is 9.12. The molecule has 8 heteroatoms. The molecule has 0 spiro atoms. The number of aryl methyl sites for hydroxylation is 1. The first-order chi connectivity index (χ1) is 13.2. The van der Waals surface area contributed by atoms with Crippen LogP contribution in [0.3, 0.4) is 0 Å². The van der Waals surface area contributed by atoms with E-state index >= 15 is 0 Å². The quantitative estimate of drug-likeness (QED) is 0.680. The van der Waals surface area contributed by atoms with E-state index in [1.54, 1.807) is 18.5 Å². The highest BCUT2D eigenvalue weighted by Gasteiger charge is 2.24. The molecule has 2 aromatic rings. The number of hydrogen-bond donors (Lipinski definition) is 1. The molecular weight excluding hydrogens is 388 g/mol. The molecule has 1 aromatic carbocycles. The van der Waals surface area contributed by atoms with Crippen molar-refractivity contribution in [1.29, 1.82) is 0 Å². The molecule has 1 fully saturated rings. The average Bonchev–Trinajstić information content (AvgIpc) is 3.47. The van der Waals surface area contributed by atoms with Gasteiger partial charge in [0.1, 0.15) is 5.75 Å². The molecule has 3 rings (SSSR count). The van der Waals surface area contributed by atoms with E-state index in [1.165, 1.54) is 17.7 Å². The standard InChI is InChI=1S/C20H25F2NO4S/c1-4-28(3,25)15-7-8-17(26-12-13-5-6-13)16(10-15)14-9-18(27-20(21)22)19(24)23(2)11-14/h7-11,13,20,25H,4-6,12H2,1-3H3. The number of nitrogens with zero attached hydrogens (tertiary/aromatic N) is 1. The fourth-order valence-corrected chi connectivity index (χ4v) is 3.87. The van der Waals surface area contributed by atoms with E-state index in [0.29, 0.717) is 35.2 Å². The van der Waals surface area contributed by atoms with Crippen molar-refractivity contribution >= 4 is 10.3 Å². The van der Waals surface area contributed by atoms with E-state index in [0.717, 1.165) is 17.7 Å². The smallest absolute Gasteiger partial charge is 0.387 e. The van der Waals surface area contributed by atoms with Crippen molar-refractivity contribution in [2.45, 2.75) is 31.3 Å². The number of alkyl halides is 2. The van der Waals surface area contributed by atoms with Gasteiger partial charge in [0, 0.05) is 29.3 Å². The second-order valence-electron chi connectivity index (χ2n) is 7.13. The largest absolute Gasteiger partial charge is 0.493 e. The maximum absolute atomic E-state index is 12.7. The zero-order chi connectivity index (χ0) is 20.5. The molecule has 1 saturated carbocycles. The molecule has 1 aliphatic carbocycles. The molecular formula is C20H25F2NO4S. The second-order valence-corrected chi connectivity index (χ2v) is 10.3. The molecule has 0 bridgehead atoms. The second kappa shape index (κ2) is 8.13. The van der Waals surface area contributed by atoms with Crippen LogP contribution in [0.5, 0.6) is 11.5 Å². The van der Waals surface area contributed by atoms with Crippen LogP contribution in [0, 0.1) is 5.92 Å². The zero-order valence-corrected chi connectivity index (χ0v) is 17.0. The topological polar surface area (TPSA) is 60.7 Å². The summed E-state index contributed by atoms with van der Waals surface area (Å²) in [5, 5.41) is 0. The predicted octanol–water partition coefficient (Wildman–Crippen LogP) is 4.73. The third kappa shape index (κ3) is 4.67. The number of aromatic nitrogens is 1. The Morgan fingerprint density at radius 1 is 1.29 bits per heavy atom. The van der Waals surface area contributed by atoms with Gasteiger partial charge in [0.05, 0.1) is 6.61 Å². The lowest BCUT2D eigenvalue weighted by Crippen LogP contribution is -2.20. The summed E-state index contributed by atoms with van der Waals surface area (Å²) in [6.45, 7) is -0.604. The van der Waals surface area contributed by atoms with Gasteiger partial charge >= 0.3 is 6.61 Å². The molecule has 0 amide bonds. The van der Waals surface area contributed by atoms with Gasteiger partial charge in [-0.15, -0.1) is 10.3 Å². The first kappa shape index (κ1) is 20.7. The molecule has 0 radical (unpaired) electrons. The van der Waals surface area contributed by atoms with Crippen LogP contribution in [-0.4, -0.2) is 34.3 Å². The van der Waals surface area contributed by atoms with Crippen LogP contribution in [-0.2, 0) is 7.05 Å². The minimum atomic E-state index is -3.09. The lowest BCUT2D eigenvalue weighted by molar-refractivity contribution is -0.0510. The van der Waals surface area contributed by atoms with E-state index in [9.17, 15) is 18.1 Å². The van der Waals surface area contributed by atoms with E-state index < -0.39 is 28.2 Å². The maximum Gasteiger partial charge on any atom is 0.387 e. The van der Waals surface area contributed by atoms with Gasteiger partial charge in [0.2, 0.25) is 0 Å². The molecule has 1 atom stereocenters. The maximum atomic E-state index is 12.7. The van der Waals surface area contributed by atoms with Crippen LogP contribution in [0.4, 0.5) is 8.78 Å². The zero-order valence-electron chi connectivity index (χ0n) is 16.2. The normalized spacial score (nSPS) is 17.2. The molecule has 5 nitrogen and oxygen atoms in total. The van der Waals surface area contributed by atoms with Crippen molar-refractivity contribution in [3.05, 3.63) is 40.8 Å². The van der Waals surface area contributed by atoms with Gasteiger partial charge in [-0.25, -0.2) is 0 Å². The minimum Gasteiger partial charge on any atom is -0.493 e. The van der Waals surface area contributed by atoms with Crippen LogP contribution in [0.1, 0.15) is 19.8 Å². The Bertz CT molecular complexity index is 910. The number of benzene rings is 1. The fraction of sp³-hybridized carbons (Fsp3) is 0.450. The summed E-state index contributed by atoms with van der Waals surface area (Å²) in [6.07, 6.45) is 5.62. The molecule has 0 aliphatic heterocycles. The van der Waals surface area contributed by atoms with Crippen molar-refractivity contribution < 1.29 is 22.8 Å². The molecule has 0 saturated heterocycles. The van der Waals surface area contributed by atoms with E-state index in [2.05, 4.69) is 4.74 Å². The van der Waals surface area contributed by atoms with Crippen molar-refractivity contribution in [3.63, 3.8) is 0 Å². The van der Waals surface area contributed by atoms with Crippen molar-refractivity contribution in [1.82, 2.24) is 4.57 Å². The van der Waals surface area contributed by atoms with Crippen molar-refractivity contribution in [2.24, 2.45) is 13.0 Å². The summed E-state index contributed by atoms with van der Waals surface area (Å²) in [7, 11) is -0.509. The highest BCUT2D eigenvalue weighted by molar-refractivity contribution is 8.28. The Hall–Kier alpha value is -2.06. The van der Waals surface area contributed by atoms with E-state index in [1.807, 2.05) is 19.1 Å². The Balaban J connectivity index is 2.09. The number of halogens is 2. The summed E-state index contributed by atoms with van der Waals surface area (Å²) in [5.41, 5.74) is 0.498. The van der Waals surface area contributed by atoms with Crippen LogP contribution >= 0.6 is 10.3 Å². The summed E-state index contributed by atoms with van der Waals surface area (Å²) in [6, 6.07) is 6.74. The predicted molar refractivity (Wildman–Crippen MR) is 107 cm³/mol. The molecule has 1 heterocycles. The summed E-state index contributed by atoms with van der Waals surface area (Å²) in [5.74, 6) is 1.28. The summed E-state index contributed by atoms with van der Waals surface area (Å²) in [4.78, 5) is 12.9. The summed E-state index contributed by atoms with van der Waals surface area (Å²) < 4.78 is 47.7. The van der Waals surface area contributed by atoms with E-state index in [-0.39, 0.29) is 0 Å². The lowest BCUT2D eigenvalue weighted by atomic mass is 10.1. The van der Waals surface area contributed by atoms with Crippen LogP contribution < -0.4 is 15.0 Å². The fourth-order valence-electron chi connectivity index (χ4n) is 2.80. The lowest BCUT2D eigenvalue weighted by Gasteiger charge is -2.29. The number of pyridine rings is 1. The van der Waals surface area contributed by atoms with Gasteiger partial charge in [-0.2, -0.15) is 8.78 Å². The molecule has 154 valence electrons. The number of rotatable bonds is 8. The number of ether oxygens (including phenoxy) is 2. The molecule has 1 aromatic heterocycles. The van der Waals surface area contributed by atoms with Gasteiger partial charge in [0.15, 0.2) is 5.75 Å². The highest BCUT2D eigenvalue weighted by Crippen LogP contribution is 2.50. The monoisotopic (exact) mass is 413 g/mol. The highest BCUT2D eigenvalue weighted by atomic mass is 32.3. The molecule has 1 aliphatic rings. The third-order valence-corrected chi connectivity index (χ3v) is 7.26. The van der Waals surface area contributed by atoms with Crippen molar-refractivity contribution in [3.8, 4) is 22.6 Å². The Labute approximate surface area is 164 Å². The molecule has 1 unspecified atom stereocenters. The van der Waals surface area contributed by atoms with Crippen molar-refractivity contribution in [2.75, 3.05) is 18.6 Å². The SMILES string of the molecule is CCS(C)(O)c1ccc(OCC2CC2)c(-c2cc(OC(F)F)c(=O)n(C)c2)c1. The molecule has 28 heavy (non-hydrogen) atoms. The third-order valence-electron chi connectivity index (χ3n) is 4.87. The Morgan fingerprint density at radius 3 is 2.61 bits per heavy atom. The Morgan fingerprint density at radius 2 is 2.00 bits per heavy atom. The minimum absolute atomic E-state index is 0.428. The summed E-state index contributed by atoms with van der Waals surface area (Å²) >= 11 is 0. The van der Waals surface area contributed by atoms with E-state index in [4.69, 9.17) is 4.74 Å².